The van der Waals surface area contributed by atoms with Crippen molar-refractivity contribution < 1.29 is 0 Å². The van der Waals surface area contributed by atoms with E-state index in [0.29, 0.717) is 11.6 Å². The normalized spacial score (nSPS) is 20.6. The maximum atomic E-state index is 5.95. The van der Waals surface area contributed by atoms with Crippen molar-refractivity contribution in [3.05, 3.63) is 34.9 Å². The lowest BCUT2D eigenvalue weighted by Gasteiger charge is -2.32. The second-order valence-electron chi connectivity index (χ2n) is 6.08. The molecule has 0 spiro atoms. The molecule has 1 atom stereocenters. The summed E-state index contributed by atoms with van der Waals surface area (Å²) in [7, 11) is 2.04. The number of hydrogen-bond acceptors (Lipinski definition) is 2. The van der Waals surface area contributed by atoms with Gasteiger partial charge in [0.2, 0.25) is 0 Å². The molecule has 1 aromatic rings. The van der Waals surface area contributed by atoms with Crippen molar-refractivity contribution in [3.63, 3.8) is 0 Å². The first-order chi connectivity index (χ1) is 9.03. The van der Waals surface area contributed by atoms with Gasteiger partial charge in [0.1, 0.15) is 0 Å². The monoisotopic (exact) mass is 280 g/mol. The highest BCUT2D eigenvalue weighted by atomic mass is 35.5. The van der Waals surface area contributed by atoms with Crippen LogP contribution in [0.5, 0.6) is 0 Å². The third-order valence-electron chi connectivity index (χ3n) is 4.38. The minimum Gasteiger partial charge on any atom is -0.313 e. The Morgan fingerprint density at radius 1 is 1.32 bits per heavy atom. The van der Waals surface area contributed by atoms with Crippen LogP contribution in [-0.2, 0) is 0 Å². The lowest BCUT2D eigenvalue weighted by molar-refractivity contribution is 0.167. The predicted octanol–water partition coefficient (Wildman–Crippen LogP) is 3.87. The van der Waals surface area contributed by atoms with Gasteiger partial charge >= 0.3 is 0 Å². The van der Waals surface area contributed by atoms with Gasteiger partial charge in [0, 0.05) is 23.1 Å². The molecule has 2 nitrogen and oxygen atoms in total. The lowest BCUT2D eigenvalue weighted by atomic mass is 10.00. The van der Waals surface area contributed by atoms with E-state index in [-0.39, 0.29) is 0 Å². The Bertz CT molecular complexity index is 400. The highest BCUT2D eigenvalue weighted by Crippen LogP contribution is 2.29. The molecule has 0 bridgehead atoms. The summed E-state index contributed by atoms with van der Waals surface area (Å²) in [4.78, 5) is 2.62. The van der Waals surface area contributed by atoms with Crippen LogP contribution in [0.2, 0.25) is 5.02 Å². The number of halogens is 1. The summed E-state index contributed by atoms with van der Waals surface area (Å²) in [5.74, 6) is 0. The number of nitrogens with zero attached hydrogens (tertiary/aromatic N) is 1. The molecule has 1 fully saturated rings. The average molecular weight is 281 g/mol. The van der Waals surface area contributed by atoms with Gasteiger partial charge in [0.15, 0.2) is 0 Å². The Kier molecular flexibility index (Phi) is 4.88. The Hall–Kier alpha value is -0.570. The number of hydrogen-bond donors (Lipinski definition) is 1. The van der Waals surface area contributed by atoms with Crippen molar-refractivity contribution in [2.45, 2.75) is 44.7 Å². The molecule has 0 aromatic heterocycles. The van der Waals surface area contributed by atoms with Crippen molar-refractivity contribution in [2.24, 2.45) is 0 Å². The zero-order valence-electron chi connectivity index (χ0n) is 12.2. The molecule has 1 unspecified atom stereocenters. The van der Waals surface area contributed by atoms with E-state index in [4.69, 9.17) is 11.6 Å². The Balaban J connectivity index is 1.94. The van der Waals surface area contributed by atoms with Crippen molar-refractivity contribution >= 4 is 11.6 Å². The van der Waals surface area contributed by atoms with Gasteiger partial charge in [-0.2, -0.15) is 0 Å². The molecule has 2 rings (SSSR count). The van der Waals surface area contributed by atoms with Gasteiger partial charge in [-0.25, -0.2) is 0 Å². The van der Waals surface area contributed by atoms with Gasteiger partial charge in [-0.1, -0.05) is 23.7 Å². The van der Waals surface area contributed by atoms with Crippen LogP contribution in [-0.4, -0.2) is 30.6 Å². The number of benzene rings is 1. The quantitative estimate of drug-likeness (QED) is 0.881. The molecule has 1 N–H and O–H groups in total. The zero-order chi connectivity index (χ0) is 13.9. The summed E-state index contributed by atoms with van der Waals surface area (Å²) in [6, 6.07) is 8.60. The van der Waals surface area contributed by atoms with Crippen molar-refractivity contribution in [2.75, 3.05) is 20.1 Å². The highest BCUT2D eigenvalue weighted by molar-refractivity contribution is 6.30. The third-order valence-corrected chi connectivity index (χ3v) is 4.63. The molecule has 1 heterocycles. The first-order valence-corrected chi connectivity index (χ1v) is 7.58. The summed E-state index contributed by atoms with van der Waals surface area (Å²) in [6.45, 7) is 7.11. The standard InChI is InChI=1S/C16H25ClN2/c1-16(2)10-4-11-19(16)12-9-15(18-3)13-5-7-14(17)8-6-13/h5-8,15,18H,4,9-12H2,1-3H3. The Labute approximate surface area is 122 Å². The van der Waals surface area contributed by atoms with E-state index in [0.717, 1.165) is 18.0 Å². The Morgan fingerprint density at radius 3 is 2.53 bits per heavy atom. The highest BCUT2D eigenvalue weighted by Gasteiger charge is 2.31. The van der Waals surface area contributed by atoms with Crippen LogP contribution in [0.15, 0.2) is 24.3 Å². The number of likely N-dealkylation sites (tertiary alicyclic amines) is 1. The molecule has 1 aromatic carbocycles. The maximum absolute atomic E-state index is 5.95. The maximum Gasteiger partial charge on any atom is 0.0406 e. The molecule has 106 valence electrons. The van der Waals surface area contributed by atoms with Crippen LogP contribution in [0.3, 0.4) is 0 Å². The summed E-state index contributed by atoms with van der Waals surface area (Å²) in [5, 5.41) is 4.22. The van der Waals surface area contributed by atoms with Gasteiger partial charge in [-0.05, 0) is 64.4 Å². The van der Waals surface area contributed by atoms with Gasteiger partial charge in [-0.3, -0.25) is 4.90 Å². The average Bonchev–Trinajstić information content (AvgIpc) is 2.71. The number of nitrogens with one attached hydrogen (secondary N) is 1. The zero-order valence-corrected chi connectivity index (χ0v) is 13.0. The predicted molar refractivity (Wildman–Crippen MR) is 82.8 cm³/mol. The minimum absolute atomic E-state index is 0.373. The SMILES string of the molecule is CNC(CCN1CCCC1(C)C)c1ccc(Cl)cc1. The summed E-state index contributed by atoms with van der Waals surface area (Å²) >= 11 is 5.95. The van der Waals surface area contributed by atoms with Gasteiger partial charge in [0.25, 0.3) is 0 Å². The van der Waals surface area contributed by atoms with E-state index >= 15 is 0 Å². The summed E-state index contributed by atoms with van der Waals surface area (Å²) in [6.07, 6.45) is 3.79. The second-order valence-corrected chi connectivity index (χ2v) is 6.52. The fourth-order valence-electron chi connectivity index (χ4n) is 3.04. The van der Waals surface area contributed by atoms with E-state index in [9.17, 15) is 0 Å². The first kappa shape index (κ1) is 14.8. The molecule has 3 heteroatoms. The largest absolute Gasteiger partial charge is 0.313 e. The van der Waals surface area contributed by atoms with E-state index in [1.54, 1.807) is 0 Å². The Morgan fingerprint density at radius 2 is 2.00 bits per heavy atom. The molecular weight excluding hydrogens is 256 g/mol. The fraction of sp³-hybridized carbons (Fsp3) is 0.625. The van der Waals surface area contributed by atoms with E-state index in [1.165, 1.54) is 24.9 Å². The second kappa shape index (κ2) is 6.25. The summed E-state index contributed by atoms with van der Waals surface area (Å²) < 4.78 is 0. The molecule has 0 amide bonds. The number of rotatable bonds is 5. The van der Waals surface area contributed by atoms with Gasteiger partial charge in [-0.15, -0.1) is 0 Å². The minimum atomic E-state index is 0.373. The van der Waals surface area contributed by atoms with E-state index < -0.39 is 0 Å². The van der Waals surface area contributed by atoms with Crippen molar-refractivity contribution in [1.82, 2.24) is 10.2 Å². The van der Waals surface area contributed by atoms with Crippen LogP contribution in [0.25, 0.3) is 0 Å². The molecule has 19 heavy (non-hydrogen) atoms. The van der Waals surface area contributed by atoms with Gasteiger partial charge in [0.05, 0.1) is 0 Å². The van der Waals surface area contributed by atoms with Crippen LogP contribution in [0.4, 0.5) is 0 Å². The fourth-order valence-corrected chi connectivity index (χ4v) is 3.16. The van der Waals surface area contributed by atoms with Crippen molar-refractivity contribution in [3.8, 4) is 0 Å². The molecule has 1 aliphatic rings. The molecule has 0 saturated carbocycles. The van der Waals surface area contributed by atoms with Crippen LogP contribution in [0, 0.1) is 0 Å². The van der Waals surface area contributed by atoms with E-state index in [2.05, 4.69) is 36.2 Å². The van der Waals surface area contributed by atoms with Crippen LogP contribution < -0.4 is 5.32 Å². The van der Waals surface area contributed by atoms with Crippen LogP contribution >= 0.6 is 11.6 Å². The molecule has 0 aliphatic carbocycles. The molecule has 1 aliphatic heterocycles. The van der Waals surface area contributed by atoms with E-state index in [1.807, 2.05) is 19.2 Å². The summed E-state index contributed by atoms with van der Waals surface area (Å²) in [5.41, 5.74) is 1.70. The van der Waals surface area contributed by atoms with Gasteiger partial charge < -0.3 is 5.32 Å². The molecular formula is C16H25ClN2. The molecule has 1 saturated heterocycles. The smallest absolute Gasteiger partial charge is 0.0406 e. The first-order valence-electron chi connectivity index (χ1n) is 7.21. The lowest BCUT2D eigenvalue weighted by Crippen LogP contribution is -2.39. The van der Waals surface area contributed by atoms with Crippen molar-refractivity contribution in [1.29, 1.82) is 0 Å². The third kappa shape index (κ3) is 3.71. The van der Waals surface area contributed by atoms with Crippen LogP contribution in [0.1, 0.15) is 44.7 Å². The topological polar surface area (TPSA) is 15.3 Å². The molecule has 0 radical (unpaired) electrons.